The van der Waals surface area contributed by atoms with Crippen molar-refractivity contribution < 1.29 is 22.9 Å². The molecule has 1 amide bonds. The summed E-state index contributed by atoms with van der Waals surface area (Å²) in [4.78, 5) is 18.2. The fourth-order valence-electron chi connectivity index (χ4n) is 5.10. The number of anilines is 1. The smallest absolute Gasteiger partial charge is 0.263 e. The van der Waals surface area contributed by atoms with Gasteiger partial charge >= 0.3 is 0 Å². The number of nitrogens with one attached hydrogen (secondary N) is 1. The first-order valence-electron chi connectivity index (χ1n) is 14.3. The second-order valence-corrected chi connectivity index (χ2v) is 13.8. The molecule has 5 rings (SSSR count). The van der Waals surface area contributed by atoms with Crippen LogP contribution < -0.4 is 10.1 Å². The Labute approximate surface area is 247 Å². The van der Waals surface area contributed by atoms with E-state index in [1.807, 2.05) is 55.5 Å². The van der Waals surface area contributed by atoms with Crippen LogP contribution >= 0.6 is 0 Å². The molecule has 224 valence electrons. The highest BCUT2D eigenvalue weighted by atomic mass is 32.2. The molecule has 0 radical (unpaired) electrons. The third kappa shape index (κ3) is 6.42. The number of rotatable bonds is 10. The van der Waals surface area contributed by atoms with Crippen molar-refractivity contribution in [2.45, 2.75) is 81.3 Å². The van der Waals surface area contributed by atoms with Gasteiger partial charge < -0.3 is 14.8 Å². The van der Waals surface area contributed by atoms with Gasteiger partial charge in [-0.1, -0.05) is 36.8 Å². The number of hydrogen-bond acceptors (Lipinski definition) is 6. The maximum atomic E-state index is 15.5. The van der Waals surface area contributed by atoms with Crippen molar-refractivity contribution >= 4 is 28.2 Å². The summed E-state index contributed by atoms with van der Waals surface area (Å²) in [5.41, 5.74) is 0.895. The molecule has 0 spiro atoms. The summed E-state index contributed by atoms with van der Waals surface area (Å²) >= 11 is 0. The van der Waals surface area contributed by atoms with Crippen molar-refractivity contribution in [1.29, 1.82) is 0 Å². The molecule has 4 aromatic rings. The average molecular weight is 596 g/mol. The topological polar surface area (TPSA) is 99.8 Å². The van der Waals surface area contributed by atoms with Crippen LogP contribution in [0.25, 0.3) is 17.0 Å². The van der Waals surface area contributed by atoms with E-state index in [0.29, 0.717) is 66.1 Å². The van der Waals surface area contributed by atoms with Crippen LogP contribution in [0, 0.1) is 0 Å². The molecule has 3 heterocycles. The average Bonchev–Trinajstić information content (AvgIpc) is 3.57. The van der Waals surface area contributed by atoms with Gasteiger partial charge in [0.25, 0.3) is 5.91 Å². The molecule has 1 aromatic carbocycles. The van der Waals surface area contributed by atoms with E-state index in [1.165, 1.54) is 0 Å². The van der Waals surface area contributed by atoms with Crippen molar-refractivity contribution in [3.8, 4) is 17.1 Å². The van der Waals surface area contributed by atoms with Crippen LogP contribution in [0.1, 0.15) is 58.4 Å². The lowest BCUT2D eigenvalue weighted by molar-refractivity contribution is -0.129. The predicted molar refractivity (Wildman–Crippen MR) is 161 cm³/mol. The Morgan fingerprint density at radius 2 is 1.88 bits per heavy atom. The Bertz CT molecular complexity index is 1570. The predicted octanol–water partition coefficient (Wildman–Crippen LogP) is 5.94. The molecule has 1 N–H and O–H groups in total. The maximum absolute atomic E-state index is 15.5. The highest BCUT2D eigenvalue weighted by Gasteiger charge is 2.40. The van der Waals surface area contributed by atoms with E-state index in [-0.39, 0.29) is 12.8 Å². The van der Waals surface area contributed by atoms with E-state index >= 15 is 4.39 Å². The minimum absolute atomic E-state index is 0.211. The van der Waals surface area contributed by atoms with E-state index in [1.54, 1.807) is 36.3 Å². The molecule has 0 bridgehead atoms. The molecule has 3 aromatic heterocycles. The fourth-order valence-corrected chi connectivity index (χ4v) is 6.29. The Kier molecular flexibility index (Phi) is 8.79. The number of carbonyl (C=O) groups is 1. The normalized spacial score (nSPS) is 15.9. The first kappa shape index (κ1) is 29.9. The van der Waals surface area contributed by atoms with Gasteiger partial charge in [0.2, 0.25) is 0 Å². The molecular weight excluding hydrogens is 557 g/mol. The van der Waals surface area contributed by atoms with Crippen molar-refractivity contribution in [2.75, 3.05) is 19.0 Å². The van der Waals surface area contributed by atoms with Gasteiger partial charge in [-0.05, 0) is 52.0 Å². The highest BCUT2D eigenvalue weighted by molar-refractivity contribution is 7.86. The van der Waals surface area contributed by atoms with E-state index in [2.05, 4.69) is 10.3 Å². The number of benzene rings is 1. The largest absolute Gasteiger partial charge is 0.495 e. The molecule has 0 aliphatic heterocycles. The van der Waals surface area contributed by atoms with Gasteiger partial charge in [0.1, 0.15) is 22.9 Å². The number of pyridine rings is 1. The third-order valence-corrected chi connectivity index (χ3v) is 9.27. The Balaban J connectivity index is 1.46. The quantitative estimate of drug-likeness (QED) is 0.228. The molecule has 1 saturated carbocycles. The van der Waals surface area contributed by atoms with E-state index < -0.39 is 27.1 Å². The molecular formula is C31H38FN5O4S. The van der Waals surface area contributed by atoms with E-state index in [9.17, 15) is 9.00 Å². The van der Waals surface area contributed by atoms with Crippen LogP contribution in [0.4, 0.5) is 10.2 Å². The summed E-state index contributed by atoms with van der Waals surface area (Å²) in [5.74, 6) is 0.219. The summed E-state index contributed by atoms with van der Waals surface area (Å²) in [5, 5.41) is 7.58. The van der Waals surface area contributed by atoms with Gasteiger partial charge in [-0.25, -0.2) is 14.1 Å². The van der Waals surface area contributed by atoms with Crippen LogP contribution in [0.3, 0.4) is 0 Å². The van der Waals surface area contributed by atoms with Gasteiger partial charge in [-0.2, -0.15) is 5.10 Å². The summed E-state index contributed by atoms with van der Waals surface area (Å²) in [6.07, 6.45) is 6.15. The molecule has 1 fully saturated rings. The number of nitrogens with zero attached hydrogens (tertiary/aromatic N) is 4. The number of methoxy groups -OCH3 is 1. The van der Waals surface area contributed by atoms with Crippen molar-refractivity contribution in [1.82, 2.24) is 19.2 Å². The van der Waals surface area contributed by atoms with Crippen molar-refractivity contribution in [3.63, 3.8) is 0 Å². The lowest BCUT2D eigenvalue weighted by Crippen LogP contribution is -2.40. The van der Waals surface area contributed by atoms with Crippen LogP contribution in [0.5, 0.6) is 5.75 Å². The first-order valence-corrected chi connectivity index (χ1v) is 15.4. The van der Waals surface area contributed by atoms with Gasteiger partial charge in [-0.15, -0.1) is 0 Å². The monoisotopic (exact) mass is 595 g/mol. The number of hydrogen-bond donors (Lipinski definition) is 1. The molecule has 42 heavy (non-hydrogen) atoms. The number of alkyl halides is 1. The van der Waals surface area contributed by atoms with Gasteiger partial charge in [-0.3, -0.25) is 13.4 Å². The molecule has 1 aliphatic rings. The Morgan fingerprint density at radius 1 is 1.14 bits per heavy atom. The summed E-state index contributed by atoms with van der Waals surface area (Å²) in [6.45, 7) is 6.82. The molecule has 1 aliphatic carbocycles. The molecule has 1 unspecified atom stereocenters. The number of ether oxygens (including phenoxy) is 2. The van der Waals surface area contributed by atoms with Crippen LogP contribution in [-0.4, -0.2) is 53.4 Å². The zero-order valence-electron chi connectivity index (χ0n) is 24.6. The summed E-state index contributed by atoms with van der Waals surface area (Å²) in [6, 6.07) is 13.3. The van der Waals surface area contributed by atoms with Gasteiger partial charge in [0.15, 0.2) is 5.67 Å². The van der Waals surface area contributed by atoms with E-state index in [4.69, 9.17) is 14.6 Å². The SMILES string of the molecule is COc1cc2ncc(-c3cc(NC(=O)C4(F)CCCCC4)n(CCOCc4ccccc4)n3)n2cc1S(=O)C(C)(C)C. The Hall–Kier alpha value is -3.57. The molecule has 9 nitrogen and oxygen atoms in total. The number of fused-ring (bicyclic) bond motifs is 1. The first-order chi connectivity index (χ1) is 20.1. The number of carbonyl (C=O) groups excluding carboxylic acids is 1. The maximum Gasteiger partial charge on any atom is 0.263 e. The number of amides is 1. The zero-order valence-corrected chi connectivity index (χ0v) is 25.4. The third-order valence-electron chi connectivity index (χ3n) is 7.45. The second kappa shape index (κ2) is 12.3. The second-order valence-electron chi connectivity index (χ2n) is 11.6. The van der Waals surface area contributed by atoms with Gasteiger partial charge in [0.05, 0.1) is 54.5 Å². The standard InChI is InChI=1S/C31H38FN5O4S/c1-30(2,3)42(39)26-20-36-24(19-33-27(36)18-25(26)40-4)23-17-28(34-29(38)31(32)13-9-6-10-14-31)37(35-23)15-16-41-21-22-11-7-5-8-12-22/h5,7-8,11-12,17-20H,6,9-10,13-16,21H2,1-4H3,(H,34,38). The number of imidazole rings is 1. The summed E-state index contributed by atoms with van der Waals surface area (Å²) < 4.78 is 43.2. The van der Waals surface area contributed by atoms with Crippen molar-refractivity contribution in [3.05, 3.63) is 60.4 Å². The minimum Gasteiger partial charge on any atom is -0.495 e. The van der Waals surface area contributed by atoms with Gasteiger partial charge in [0, 0.05) is 23.1 Å². The zero-order chi connectivity index (χ0) is 29.9. The van der Waals surface area contributed by atoms with E-state index in [0.717, 1.165) is 12.0 Å². The lowest BCUT2D eigenvalue weighted by Gasteiger charge is -2.28. The van der Waals surface area contributed by atoms with Crippen LogP contribution in [0.15, 0.2) is 59.8 Å². The molecule has 0 saturated heterocycles. The fraction of sp³-hybridized carbons (Fsp3) is 0.452. The highest BCUT2D eigenvalue weighted by Crippen LogP contribution is 2.35. The van der Waals surface area contributed by atoms with Crippen LogP contribution in [0.2, 0.25) is 0 Å². The molecule has 1 atom stereocenters. The minimum atomic E-state index is -1.90. The lowest BCUT2D eigenvalue weighted by atomic mass is 9.86. The molecule has 11 heteroatoms. The van der Waals surface area contributed by atoms with Crippen LogP contribution in [-0.2, 0) is 33.5 Å². The Morgan fingerprint density at radius 3 is 2.57 bits per heavy atom. The summed E-state index contributed by atoms with van der Waals surface area (Å²) in [7, 11) is 0.174. The number of aromatic nitrogens is 4. The number of halogens is 1. The van der Waals surface area contributed by atoms with Crippen molar-refractivity contribution in [2.24, 2.45) is 0 Å².